The second-order valence-electron chi connectivity index (χ2n) is 2.34. The van der Waals surface area contributed by atoms with Crippen molar-refractivity contribution in [2.24, 2.45) is 0 Å². The number of benzene rings is 1. The normalized spacial score (nSPS) is 9.00. The lowest BCUT2D eigenvalue weighted by Crippen LogP contribution is -1.87. The van der Waals surface area contributed by atoms with E-state index in [0.29, 0.717) is 14.5 Å². The molecule has 0 aliphatic heterocycles. The average molecular weight is 320 g/mol. The van der Waals surface area contributed by atoms with Crippen LogP contribution in [0.3, 0.4) is 0 Å². The smallest absolute Gasteiger partial charge is 0.382 e. The Morgan fingerprint density at radius 2 is 1.79 bits per heavy atom. The van der Waals surface area contributed by atoms with Gasteiger partial charge < -0.3 is 10.2 Å². The van der Waals surface area contributed by atoms with E-state index in [1.54, 1.807) is 0 Å². The molecule has 0 radical (unpaired) electrons. The molecule has 72 valence electrons. The van der Waals surface area contributed by atoms with Crippen LogP contribution in [0.15, 0.2) is 21.1 Å². The predicted molar refractivity (Wildman–Crippen MR) is 58.0 cm³/mol. The van der Waals surface area contributed by atoms with Crippen molar-refractivity contribution in [1.82, 2.24) is 0 Å². The molecule has 14 heavy (non-hydrogen) atoms. The number of halogens is 2. The summed E-state index contributed by atoms with van der Waals surface area (Å²) in [5.41, 5.74) is 0.504. The third-order valence-corrected chi connectivity index (χ3v) is 2.54. The van der Waals surface area contributed by atoms with Crippen LogP contribution in [-0.2, 0) is 4.79 Å². The molecule has 3 nitrogen and oxygen atoms in total. The van der Waals surface area contributed by atoms with Crippen molar-refractivity contribution in [1.29, 1.82) is 0 Å². The number of phenolic OH excluding ortho intramolecular Hbond substituents is 1. The summed E-state index contributed by atoms with van der Waals surface area (Å²) in [5.74, 6) is 3.28. The highest BCUT2D eigenvalue weighted by Crippen LogP contribution is 2.32. The van der Waals surface area contributed by atoms with Gasteiger partial charge in [-0.25, -0.2) is 4.79 Å². The van der Waals surface area contributed by atoms with Crippen LogP contribution in [0.1, 0.15) is 5.56 Å². The molecule has 5 heteroatoms. The maximum absolute atomic E-state index is 10.2. The Hall–Kier alpha value is -0.990. The molecule has 1 aromatic rings. The standard InChI is InChI=1S/C9H4Br2O3/c10-6-3-5(1-2-8(12)13)4-7(11)9(6)14/h3-4,14H,(H,12,13). The molecule has 0 aliphatic rings. The van der Waals surface area contributed by atoms with Crippen LogP contribution in [0, 0.1) is 11.8 Å². The zero-order valence-electron chi connectivity index (χ0n) is 6.71. The Morgan fingerprint density at radius 1 is 1.29 bits per heavy atom. The van der Waals surface area contributed by atoms with Gasteiger partial charge in [-0.1, -0.05) is 5.92 Å². The van der Waals surface area contributed by atoms with E-state index < -0.39 is 5.97 Å². The summed E-state index contributed by atoms with van der Waals surface area (Å²) >= 11 is 6.22. The molecular weight excluding hydrogens is 316 g/mol. The van der Waals surface area contributed by atoms with Gasteiger partial charge in [-0.3, -0.25) is 0 Å². The van der Waals surface area contributed by atoms with Crippen molar-refractivity contribution < 1.29 is 15.0 Å². The Morgan fingerprint density at radius 3 is 2.21 bits per heavy atom. The van der Waals surface area contributed by atoms with Gasteiger partial charge in [-0.15, -0.1) is 0 Å². The minimum Gasteiger partial charge on any atom is -0.506 e. The van der Waals surface area contributed by atoms with Gasteiger partial charge in [0, 0.05) is 11.5 Å². The largest absolute Gasteiger partial charge is 0.506 e. The number of rotatable bonds is 0. The number of aromatic hydroxyl groups is 1. The maximum atomic E-state index is 10.2. The van der Waals surface area contributed by atoms with Gasteiger partial charge in [-0.2, -0.15) is 0 Å². The van der Waals surface area contributed by atoms with Crippen LogP contribution in [0.4, 0.5) is 0 Å². The van der Waals surface area contributed by atoms with Crippen molar-refractivity contribution in [3.05, 3.63) is 26.6 Å². The Kier molecular flexibility index (Phi) is 3.55. The molecule has 0 fully saturated rings. The molecular formula is C9H4Br2O3. The molecule has 0 spiro atoms. The number of aliphatic carboxylic acids is 1. The van der Waals surface area contributed by atoms with Crippen molar-refractivity contribution in [2.75, 3.05) is 0 Å². The summed E-state index contributed by atoms with van der Waals surface area (Å²) in [4.78, 5) is 10.2. The molecule has 1 rings (SSSR count). The highest BCUT2D eigenvalue weighted by molar-refractivity contribution is 9.11. The average Bonchev–Trinajstić information content (AvgIpc) is 2.10. The zero-order chi connectivity index (χ0) is 10.7. The van der Waals surface area contributed by atoms with Crippen molar-refractivity contribution >= 4 is 37.8 Å². The third-order valence-electron chi connectivity index (χ3n) is 1.33. The SMILES string of the molecule is O=C(O)C#Cc1cc(Br)c(O)c(Br)c1. The quantitative estimate of drug-likeness (QED) is 0.722. The van der Waals surface area contributed by atoms with E-state index in [0.717, 1.165) is 0 Å². The first-order valence-electron chi connectivity index (χ1n) is 3.43. The molecule has 1 aromatic carbocycles. The number of hydrogen-bond acceptors (Lipinski definition) is 2. The van der Waals surface area contributed by atoms with E-state index in [1.165, 1.54) is 12.1 Å². The van der Waals surface area contributed by atoms with E-state index >= 15 is 0 Å². The summed E-state index contributed by atoms with van der Waals surface area (Å²) in [7, 11) is 0. The number of carboxylic acid groups (broad SMARTS) is 1. The van der Waals surface area contributed by atoms with E-state index in [2.05, 4.69) is 37.8 Å². The Balaban J connectivity index is 3.15. The van der Waals surface area contributed by atoms with Crippen LogP contribution in [0.2, 0.25) is 0 Å². The van der Waals surface area contributed by atoms with E-state index in [1.807, 2.05) is 5.92 Å². The van der Waals surface area contributed by atoms with Gasteiger partial charge in [0.2, 0.25) is 0 Å². The third kappa shape index (κ3) is 2.76. The van der Waals surface area contributed by atoms with Crippen LogP contribution >= 0.6 is 31.9 Å². The van der Waals surface area contributed by atoms with Gasteiger partial charge in [-0.05, 0) is 44.0 Å². The highest BCUT2D eigenvalue weighted by Gasteiger charge is 2.04. The van der Waals surface area contributed by atoms with Crippen LogP contribution < -0.4 is 0 Å². The number of carboxylic acids is 1. The van der Waals surface area contributed by atoms with Crippen molar-refractivity contribution in [2.45, 2.75) is 0 Å². The molecule has 0 saturated heterocycles. The molecule has 0 atom stereocenters. The Labute approximate surface area is 97.0 Å². The van der Waals surface area contributed by atoms with Gasteiger partial charge in [0.05, 0.1) is 8.95 Å². The summed E-state index contributed by atoms with van der Waals surface area (Å²) < 4.78 is 0.920. The predicted octanol–water partition coefficient (Wildman–Crippen LogP) is 2.35. The fourth-order valence-electron chi connectivity index (χ4n) is 0.763. The molecule has 2 N–H and O–H groups in total. The maximum Gasteiger partial charge on any atom is 0.382 e. The molecule has 0 saturated carbocycles. The van der Waals surface area contributed by atoms with Gasteiger partial charge in [0.1, 0.15) is 5.75 Å². The first kappa shape index (κ1) is 11.1. The van der Waals surface area contributed by atoms with Gasteiger partial charge in [0.25, 0.3) is 0 Å². The molecule has 0 aliphatic carbocycles. The molecule has 0 bridgehead atoms. The monoisotopic (exact) mass is 318 g/mol. The molecule has 0 unspecified atom stereocenters. The highest BCUT2D eigenvalue weighted by atomic mass is 79.9. The summed E-state index contributed by atoms with van der Waals surface area (Å²) in [6, 6.07) is 3.08. The fraction of sp³-hybridized carbons (Fsp3) is 0. The Bertz CT molecular complexity index is 420. The molecule has 0 amide bonds. The second kappa shape index (κ2) is 4.49. The van der Waals surface area contributed by atoms with Crippen molar-refractivity contribution in [3.8, 4) is 17.6 Å². The number of carbonyl (C=O) groups is 1. The first-order valence-corrected chi connectivity index (χ1v) is 5.02. The van der Waals surface area contributed by atoms with Crippen LogP contribution in [-0.4, -0.2) is 16.2 Å². The van der Waals surface area contributed by atoms with Gasteiger partial charge >= 0.3 is 5.97 Å². The number of hydrogen-bond donors (Lipinski definition) is 2. The first-order chi connectivity index (χ1) is 6.50. The number of phenols is 1. The van der Waals surface area contributed by atoms with Crippen LogP contribution in [0.25, 0.3) is 0 Å². The summed E-state index contributed by atoms with van der Waals surface area (Å²) in [6.45, 7) is 0. The van der Waals surface area contributed by atoms with Crippen LogP contribution in [0.5, 0.6) is 5.75 Å². The van der Waals surface area contributed by atoms with E-state index in [9.17, 15) is 9.90 Å². The lowest BCUT2D eigenvalue weighted by molar-refractivity contribution is -0.130. The summed E-state index contributed by atoms with van der Waals surface area (Å²) in [6.07, 6.45) is 0. The van der Waals surface area contributed by atoms with Gasteiger partial charge in [0.15, 0.2) is 0 Å². The molecule has 0 aromatic heterocycles. The fourth-order valence-corrected chi connectivity index (χ4v) is 1.95. The minimum absolute atomic E-state index is 0.0610. The molecule has 0 heterocycles. The zero-order valence-corrected chi connectivity index (χ0v) is 9.89. The van der Waals surface area contributed by atoms with E-state index in [-0.39, 0.29) is 5.75 Å². The topological polar surface area (TPSA) is 57.5 Å². The van der Waals surface area contributed by atoms with E-state index in [4.69, 9.17) is 5.11 Å². The lowest BCUT2D eigenvalue weighted by atomic mass is 10.2. The lowest BCUT2D eigenvalue weighted by Gasteiger charge is -2.00. The second-order valence-corrected chi connectivity index (χ2v) is 4.05. The van der Waals surface area contributed by atoms with Crippen molar-refractivity contribution in [3.63, 3.8) is 0 Å². The minimum atomic E-state index is -1.19. The summed E-state index contributed by atoms with van der Waals surface area (Å²) in [5, 5.41) is 17.7.